The lowest BCUT2D eigenvalue weighted by Crippen LogP contribution is -1.96. The maximum absolute atomic E-state index is 5.28. The summed E-state index contributed by atoms with van der Waals surface area (Å²) in [6.07, 6.45) is 1.47. The van der Waals surface area contributed by atoms with E-state index >= 15 is 0 Å². The molecule has 2 N–H and O–H groups in total. The molecule has 1 heterocycles. The van der Waals surface area contributed by atoms with E-state index in [4.69, 9.17) is 14.9 Å². The number of hydrogen-bond donors (Lipinski definition) is 1. The van der Waals surface area contributed by atoms with Gasteiger partial charge in [0.1, 0.15) is 17.7 Å². The predicted molar refractivity (Wildman–Crippen MR) is 40.4 cm³/mol. The Morgan fingerprint density at radius 3 is 3.09 bits per heavy atom. The minimum Gasteiger partial charge on any atom is -0.495 e. The van der Waals surface area contributed by atoms with Crippen LogP contribution in [0.2, 0.25) is 0 Å². The summed E-state index contributed by atoms with van der Waals surface area (Å²) >= 11 is 0. The van der Waals surface area contributed by atoms with Crippen molar-refractivity contribution in [1.82, 2.24) is 4.98 Å². The number of hydrogen-bond acceptors (Lipinski definition) is 4. The Hall–Kier alpha value is -1.29. The van der Waals surface area contributed by atoms with Gasteiger partial charge in [-0.05, 0) is 0 Å². The molecule has 0 aliphatic carbocycles. The van der Waals surface area contributed by atoms with Crippen molar-refractivity contribution in [2.45, 2.75) is 6.54 Å². The molecule has 4 heteroatoms. The summed E-state index contributed by atoms with van der Waals surface area (Å²) in [6.45, 7) is 3.89. The minimum absolute atomic E-state index is 0.289. The van der Waals surface area contributed by atoms with Gasteiger partial charge in [-0.1, -0.05) is 6.58 Å². The van der Waals surface area contributed by atoms with Crippen molar-refractivity contribution in [2.24, 2.45) is 5.73 Å². The highest BCUT2D eigenvalue weighted by Gasteiger charge is 2.04. The van der Waals surface area contributed by atoms with Gasteiger partial charge in [-0.3, -0.25) is 0 Å². The number of nitrogens with two attached hydrogens (primary N) is 1. The van der Waals surface area contributed by atoms with Crippen LogP contribution in [-0.4, -0.2) is 12.1 Å². The average molecular weight is 154 g/mol. The maximum Gasteiger partial charge on any atom is 0.208 e. The van der Waals surface area contributed by atoms with Gasteiger partial charge in [0.25, 0.3) is 0 Å². The van der Waals surface area contributed by atoms with Crippen LogP contribution in [0.25, 0.3) is 5.76 Å². The topological polar surface area (TPSA) is 61.3 Å². The average Bonchev–Trinajstić information content (AvgIpc) is 2.50. The van der Waals surface area contributed by atoms with E-state index in [1.54, 1.807) is 0 Å². The fraction of sp³-hybridized carbons (Fsp3) is 0.286. The Balaban J connectivity index is 2.80. The third-order valence-electron chi connectivity index (χ3n) is 1.26. The lowest BCUT2D eigenvalue weighted by Gasteiger charge is -1.95. The van der Waals surface area contributed by atoms with Crippen LogP contribution >= 0.6 is 0 Å². The van der Waals surface area contributed by atoms with E-state index in [0.717, 1.165) is 0 Å². The quantitative estimate of drug-likeness (QED) is 0.652. The molecule has 0 bridgehead atoms. The van der Waals surface area contributed by atoms with E-state index in [0.29, 0.717) is 17.3 Å². The fourth-order valence-corrected chi connectivity index (χ4v) is 0.637. The van der Waals surface area contributed by atoms with Crippen LogP contribution in [-0.2, 0) is 11.3 Å². The molecule has 0 saturated carbocycles. The summed E-state index contributed by atoms with van der Waals surface area (Å²) in [4.78, 5) is 3.98. The first-order valence-corrected chi connectivity index (χ1v) is 3.15. The Labute approximate surface area is 64.7 Å². The van der Waals surface area contributed by atoms with Gasteiger partial charge in [-0.2, -0.15) is 0 Å². The number of rotatable bonds is 3. The minimum atomic E-state index is 0.289. The zero-order valence-electron chi connectivity index (χ0n) is 6.33. The summed E-state index contributed by atoms with van der Waals surface area (Å²) < 4.78 is 9.80. The third-order valence-corrected chi connectivity index (χ3v) is 1.26. The van der Waals surface area contributed by atoms with Crippen molar-refractivity contribution in [3.8, 4) is 0 Å². The first-order valence-electron chi connectivity index (χ1n) is 3.15. The van der Waals surface area contributed by atoms with Crippen molar-refractivity contribution in [1.29, 1.82) is 0 Å². The molecule has 1 aromatic rings. The molecule has 0 amide bonds. The standard InChI is InChI=1S/C7H10N2O2/c1-5(10-2)6-4-11-7(3-8)9-6/h4H,1,3,8H2,2H3. The second-order valence-corrected chi connectivity index (χ2v) is 1.96. The van der Waals surface area contributed by atoms with Crippen molar-refractivity contribution >= 4 is 5.76 Å². The summed E-state index contributed by atoms with van der Waals surface area (Å²) in [7, 11) is 1.53. The first kappa shape index (κ1) is 7.81. The van der Waals surface area contributed by atoms with Crippen LogP contribution in [0, 0.1) is 0 Å². The first-order chi connectivity index (χ1) is 5.27. The molecule has 4 nitrogen and oxygen atoms in total. The van der Waals surface area contributed by atoms with Crippen LogP contribution in [0.4, 0.5) is 0 Å². The molecule has 0 fully saturated rings. The smallest absolute Gasteiger partial charge is 0.208 e. The Bertz CT molecular complexity index is 255. The number of oxazole rings is 1. The van der Waals surface area contributed by atoms with Crippen molar-refractivity contribution in [3.63, 3.8) is 0 Å². The summed E-state index contributed by atoms with van der Waals surface area (Å²) in [5.74, 6) is 0.964. The monoisotopic (exact) mass is 154 g/mol. The summed E-state index contributed by atoms with van der Waals surface area (Å²) in [6, 6.07) is 0. The van der Waals surface area contributed by atoms with Crippen molar-refractivity contribution < 1.29 is 9.15 Å². The van der Waals surface area contributed by atoms with Gasteiger partial charge in [-0.15, -0.1) is 0 Å². The molecule has 1 aromatic heterocycles. The largest absolute Gasteiger partial charge is 0.495 e. The van der Waals surface area contributed by atoms with Crippen LogP contribution in [0.1, 0.15) is 11.6 Å². The highest BCUT2D eigenvalue weighted by Crippen LogP contribution is 2.11. The SMILES string of the molecule is C=C(OC)c1coc(CN)n1. The Kier molecular flexibility index (Phi) is 2.28. The van der Waals surface area contributed by atoms with Gasteiger partial charge in [-0.25, -0.2) is 4.98 Å². The van der Waals surface area contributed by atoms with Crippen LogP contribution < -0.4 is 5.73 Å². The number of methoxy groups -OCH3 is 1. The highest BCUT2D eigenvalue weighted by atomic mass is 16.5. The molecule has 0 aliphatic heterocycles. The third kappa shape index (κ3) is 1.59. The van der Waals surface area contributed by atoms with E-state index in [9.17, 15) is 0 Å². The molecule has 0 radical (unpaired) electrons. The number of ether oxygens (including phenoxy) is 1. The molecule has 0 saturated heterocycles. The maximum atomic E-state index is 5.28. The zero-order valence-corrected chi connectivity index (χ0v) is 6.33. The van der Waals surface area contributed by atoms with E-state index in [-0.39, 0.29) is 6.54 Å². The molecular weight excluding hydrogens is 144 g/mol. The number of aromatic nitrogens is 1. The Morgan fingerprint density at radius 1 is 1.91 bits per heavy atom. The molecule has 11 heavy (non-hydrogen) atoms. The van der Waals surface area contributed by atoms with Crippen LogP contribution in [0.3, 0.4) is 0 Å². The van der Waals surface area contributed by atoms with Gasteiger partial charge < -0.3 is 14.9 Å². The second-order valence-electron chi connectivity index (χ2n) is 1.96. The van der Waals surface area contributed by atoms with Gasteiger partial charge in [0, 0.05) is 0 Å². The van der Waals surface area contributed by atoms with Crippen LogP contribution in [0.15, 0.2) is 17.3 Å². The number of nitrogens with zero attached hydrogens (tertiary/aromatic N) is 1. The fourth-order valence-electron chi connectivity index (χ4n) is 0.637. The molecule has 1 rings (SSSR count). The predicted octanol–water partition coefficient (Wildman–Crippen LogP) is 0.750. The van der Waals surface area contributed by atoms with Crippen LogP contribution in [0.5, 0.6) is 0 Å². The molecular formula is C7H10N2O2. The van der Waals surface area contributed by atoms with E-state index < -0.39 is 0 Å². The van der Waals surface area contributed by atoms with E-state index in [1.807, 2.05) is 0 Å². The normalized spacial score (nSPS) is 9.64. The second kappa shape index (κ2) is 3.21. The lowest BCUT2D eigenvalue weighted by molar-refractivity contribution is 0.369. The zero-order chi connectivity index (χ0) is 8.27. The highest BCUT2D eigenvalue weighted by molar-refractivity contribution is 5.51. The lowest BCUT2D eigenvalue weighted by atomic mass is 10.4. The molecule has 0 unspecified atom stereocenters. The van der Waals surface area contributed by atoms with E-state index in [1.165, 1.54) is 13.4 Å². The van der Waals surface area contributed by atoms with Crippen molar-refractivity contribution in [3.05, 3.63) is 24.4 Å². The summed E-state index contributed by atoms with van der Waals surface area (Å²) in [5.41, 5.74) is 5.87. The van der Waals surface area contributed by atoms with Gasteiger partial charge in [0.05, 0.1) is 13.7 Å². The molecule has 0 atom stereocenters. The summed E-state index contributed by atoms with van der Waals surface area (Å²) in [5, 5.41) is 0. The molecule has 0 spiro atoms. The molecule has 0 aromatic carbocycles. The van der Waals surface area contributed by atoms with E-state index in [2.05, 4.69) is 11.6 Å². The van der Waals surface area contributed by atoms with Gasteiger partial charge in [0.2, 0.25) is 5.89 Å². The van der Waals surface area contributed by atoms with Gasteiger partial charge >= 0.3 is 0 Å². The Morgan fingerprint density at radius 2 is 2.64 bits per heavy atom. The van der Waals surface area contributed by atoms with Gasteiger partial charge in [0.15, 0.2) is 0 Å². The molecule has 60 valence electrons. The molecule has 0 aliphatic rings. The van der Waals surface area contributed by atoms with Crippen molar-refractivity contribution in [2.75, 3.05) is 7.11 Å².